The molecule has 4 N–H and O–H groups in total. The summed E-state index contributed by atoms with van der Waals surface area (Å²) >= 11 is 0. The van der Waals surface area contributed by atoms with E-state index in [0.29, 0.717) is 10.6 Å². The molecule has 0 spiro atoms. The van der Waals surface area contributed by atoms with Crippen molar-refractivity contribution in [2.24, 2.45) is 5.73 Å². The van der Waals surface area contributed by atoms with E-state index in [2.05, 4.69) is 10.7 Å². The Morgan fingerprint density at radius 1 is 1.24 bits per heavy atom. The maximum absolute atomic E-state index is 14.8. The maximum atomic E-state index is 14.8. The van der Waals surface area contributed by atoms with Crippen LogP contribution < -0.4 is 21.2 Å². The van der Waals surface area contributed by atoms with Crippen molar-refractivity contribution in [2.45, 2.75) is 18.8 Å². The fourth-order valence-electron chi connectivity index (χ4n) is 3.32. The van der Waals surface area contributed by atoms with Crippen molar-refractivity contribution in [2.75, 3.05) is 13.7 Å². The first-order valence-electron chi connectivity index (χ1n) is 9.49. The Bertz CT molecular complexity index is 1100. The quantitative estimate of drug-likeness (QED) is 0.426. The van der Waals surface area contributed by atoms with E-state index in [4.69, 9.17) is 10.5 Å². The lowest BCUT2D eigenvalue weighted by molar-refractivity contribution is -0.147. The summed E-state index contributed by atoms with van der Waals surface area (Å²) in [5, 5.41) is 3.04. The Kier molecular flexibility index (Phi) is 6.86. The number of alkyl halides is 3. The van der Waals surface area contributed by atoms with Gasteiger partial charge in [0.15, 0.2) is 6.29 Å². The Morgan fingerprint density at radius 2 is 1.97 bits per heavy atom. The number of hydrazine groups is 1. The first-order chi connectivity index (χ1) is 15.5. The molecule has 3 rings (SSSR count). The highest BCUT2D eigenvalue weighted by atomic mass is 19.4. The van der Waals surface area contributed by atoms with Gasteiger partial charge in [0, 0.05) is 12.1 Å². The van der Waals surface area contributed by atoms with Gasteiger partial charge in [-0.25, -0.2) is 14.2 Å². The number of hydrogen-bond donors (Lipinski definition) is 3. The average molecular weight is 470 g/mol. The normalized spacial score (nSPS) is 16.2. The zero-order chi connectivity index (χ0) is 24.3. The molecule has 1 unspecified atom stereocenters. The molecule has 7 nitrogen and oxygen atoms in total. The Hall–Kier alpha value is -3.67. The molecule has 0 saturated heterocycles. The number of aldehydes is 1. The van der Waals surface area contributed by atoms with Crippen molar-refractivity contribution in [1.82, 2.24) is 15.8 Å². The summed E-state index contributed by atoms with van der Waals surface area (Å²) in [5.74, 6) is -2.43. The van der Waals surface area contributed by atoms with E-state index in [1.165, 1.54) is 25.3 Å². The number of rotatable bonds is 7. The van der Waals surface area contributed by atoms with Crippen molar-refractivity contribution < 1.29 is 36.3 Å². The number of halogens is 5. The van der Waals surface area contributed by atoms with Crippen LogP contribution >= 0.6 is 0 Å². The van der Waals surface area contributed by atoms with Crippen molar-refractivity contribution in [3.8, 4) is 5.75 Å². The number of amides is 1. The van der Waals surface area contributed by atoms with Crippen molar-refractivity contribution >= 4 is 12.2 Å². The van der Waals surface area contributed by atoms with E-state index in [-0.39, 0.29) is 35.3 Å². The van der Waals surface area contributed by atoms with E-state index < -0.39 is 42.1 Å². The fourth-order valence-corrected chi connectivity index (χ4v) is 3.32. The number of methoxy groups -OCH3 is 1. The highest BCUT2D eigenvalue weighted by Crippen LogP contribution is 2.32. The molecule has 0 radical (unpaired) electrons. The van der Waals surface area contributed by atoms with Crippen LogP contribution in [0.15, 0.2) is 47.8 Å². The molecule has 1 heterocycles. The van der Waals surface area contributed by atoms with Gasteiger partial charge in [-0.1, -0.05) is 12.1 Å². The number of ether oxygens (including phenoxy) is 1. The number of hydrogen-bond acceptors (Lipinski definition) is 6. The van der Waals surface area contributed by atoms with Crippen molar-refractivity contribution in [3.05, 3.63) is 76.1 Å². The van der Waals surface area contributed by atoms with Gasteiger partial charge in [-0.2, -0.15) is 13.2 Å². The van der Waals surface area contributed by atoms with Gasteiger partial charge in [-0.05, 0) is 29.8 Å². The van der Waals surface area contributed by atoms with Gasteiger partial charge in [0.25, 0.3) is 5.91 Å². The molecule has 0 fully saturated rings. The number of carbonyl (C=O) groups excluding carboxylic acids is 2. The lowest BCUT2D eigenvalue weighted by Crippen LogP contribution is -2.42. The number of benzene rings is 2. The van der Waals surface area contributed by atoms with E-state index in [9.17, 15) is 31.5 Å². The smallest absolute Gasteiger partial charge is 0.407 e. The summed E-state index contributed by atoms with van der Waals surface area (Å²) in [6.45, 7) is -1.60. The average Bonchev–Trinajstić information content (AvgIpc) is 3.05. The van der Waals surface area contributed by atoms with Gasteiger partial charge < -0.3 is 15.8 Å². The predicted octanol–water partition coefficient (Wildman–Crippen LogP) is 2.70. The van der Waals surface area contributed by atoms with Gasteiger partial charge in [0.2, 0.25) is 0 Å². The van der Waals surface area contributed by atoms with Gasteiger partial charge in [0.05, 0.1) is 24.3 Å². The summed E-state index contributed by atoms with van der Waals surface area (Å²) < 4.78 is 71.5. The lowest BCUT2D eigenvalue weighted by Gasteiger charge is -2.23. The number of nitrogens with one attached hydrogen (secondary N) is 2. The molecule has 1 amide bonds. The molecule has 12 heteroatoms. The second kappa shape index (κ2) is 9.45. The second-order valence-electron chi connectivity index (χ2n) is 7.11. The largest absolute Gasteiger partial charge is 0.496 e. The monoisotopic (exact) mass is 470 g/mol. The summed E-state index contributed by atoms with van der Waals surface area (Å²) in [6.07, 6.45) is -4.34. The van der Waals surface area contributed by atoms with Crippen LogP contribution in [0.25, 0.3) is 0 Å². The number of nitrogens with two attached hydrogens (primary N) is 1. The maximum Gasteiger partial charge on any atom is 0.407 e. The summed E-state index contributed by atoms with van der Waals surface area (Å²) in [7, 11) is 1.32. The molecule has 1 atom stereocenters. The molecule has 33 heavy (non-hydrogen) atoms. The molecule has 1 aliphatic heterocycles. The molecule has 176 valence electrons. The molecule has 0 aliphatic carbocycles. The van der Waals surface area contributed by atoms with Crippen LogP contribution in [0.3, 0.4) is 0 Å². The van der Waals surface area contributed by atoms with Crippen LogP contribution in [0.4, 0.5) is 22.0 Å². The molecule has 0 aromatic heterocycles. The van der Waals surface area contributed by atoms with Crippen LogP contribution in [0.2, 0.25) is 0 Å². The first-order valence-corrected chi connectivity index (χ1v) is 9.49. The van der Waals surface area contributed by atoms with Crippen LogP contribution in [-0.2, 0) is 11.3 Å². The van der Waals surface area contributed by atoms with Crippen LogP contribution in [0, 0.1) is 11.6 Å². The molecular weight excluding hydrogens is 451 g/mol. The molecule has 2 aromatic rings. The van der Waals surface area contributed by atoms with Gasteiger partial charge in [0.1, 0.15) is 29.7 Å². The second-order valence-corrected chi connectivity index (χ2v) is 7.11. The summed E-state index contributed by atoms with van der Waals surface area (Å²) in [4.78, 5) is 23.7. The summed E-state index contributed by atoms with van der Waals surface area (Å²) in [5.41, 5.74) is 7.93. The van der Waals surface area contributed by atoms with Gasteiger partial charge >= 0.3 is 6.18 Å². The number of carbonyl (C=O) groups is 2. The summed E-state index contributed by atoms with van der Waals surface area (Å²) in [6, 6.07) is 5.95. The number of nitrogens with zero attached hydrogens (tertiary/aromatic N) is 1. The van der Waals surface area contributed by atoms with Crippen molar-refractivity contribution in [1.29, 1.82) is 0 Å². The SMILES string of the molecule is COc1ccc(F)cc1C(=O)NCc1ccc(C2NN(CC(F)(F)F)C(N)=C2C=O)c(F)c1. The van der Waals surface area contributed by atoms with E-state index in [0.717, 1.165) is 18.2 Å². The molecule has 1 aliphatic rings. The van der Waals surface area contributed by atoms with Gasteiger partial charge in [-0.3, -0.25) is 14.6 Å². The first kappa shape index (κ1) is 24.0. The zero-order valence-electron chi connectivity index (χ0n) is 17.2. The topological polar surface area (TPSA) is 96.7 Å². The minimum Gasteiger partial charge on any atom is -0.496 e. The third kappa shape index (κ3) is 5.40. The lowest BCUT2D eigenvalue weighted by atomic mass is 9.99. The Labute approximate surface area is 185 Å². The highest BCUT2D eigenvalue weighted by Gasteiger charge is 2.39. The molecule has 0 bridgehead atoms. The Balaban J connectivity index is 1.75. The molecule has 0 saturated carbocycles. The fraction of sp³-hybridized carbons (Fsp3) is 0.238. The highest BCUT2D eigenvalue weighted by molar-refractivity contribution is 5.96. The standard InChI is InChI=1S/C21H19F5N4O3/c1-33-17-5-3-12(22)7-14(17)20(32)28-8-11-2-4-13(16(23)6-11)18-15(9-31)19(27)30(29-18)10-21(24,25)26/h2-7,9,18,29H,8,10,27H2,1H3,(H,28,32). The van der Waals surface area contributed by atoms with Crippen LogP contribution in [0.5, 0.6) is 5.75 Å². The Morgan fingerprint density at radius 3 is 2.58 bits per heavy atom. The zero-order valence-corrected chi connectivity index (χ0v) is 17.2. The van der Waals surface area contributed by atoms with Crippen molar-refractivity contribution in [3.63, 3.8) is 0 Å². The third-order valence-electron chi connectivity index (χ3n) is 4.88. The van der Waals surface area contributed by atoms with E-state index in [1.54, 1.807) is 0 Å². The third-order valence-corrected chi connectivity index (χ3v) is 4.88. The predicted molar refractivity (Wildman–Crippen MR) is 106 cm³/mol. The van der Waals surface area contributed by atoms with E-state index >= 15 is 0 Å². The molecular formula is C21H19F5N4O3. The van der Waals surface area contributed by atoms with Crippen LogP contribution in [-0.4, -0.2) is 37.0 Å². The van der Waals surface area contributed by atoms with Gasteiger partial charge in [-0.15, -0.1) is 0 Å². The van der Waals surface area contributed by atoms with Crippen LogP contribution in [0.1, 0.15) is 27.5 Å². The minimum absolute atomic E-state index is 0.0502. The molecule has 2 aromatic carbocycles. The minimum atomic E-state index is -4.61. The van der Waals surface area contributed by atoms with E-state index in [1.807, 2.05) is 0 Å².